The molecule has 13 nitrogen and oxygen atoms in total. The Labute approximate surface area is 237 Å². The standard InChI is InChI=1S/C27H47N3O10/c1-12-15(4)27(30(11)21(35)17(6)32,23(37)26(8,40)24(38)39)22(36)25(7,29(10)20(34)16(5)31)19(33)18(28-9)13-14(2)3/h14-18,28,31-32,40H,12-13H2,1-11H3,(H,38,39)/t15-,16+,17+,18-,25+,26-,27+/m0/s1/i10D. The molecule has 40 heavy (non-hydrogen) atoms. The molecule has 0 saturated carbocycles. The van der Waals surface area contributed by atoms with E-state index in [2.05, 4.69) is 5.32 Å². The molecule has 5 N–H and O–H groups in total. The molecule has 0 radical (unpaired) electrons. The number of nitrogens with one attached hydrogen (secondary N) is 1. The van der Waals surface area contributed by atoms with Gasteiger partial charge in [-0.25, -0.2) is 4.79 Å². The average molecular weight is 575 g/mol. The monoisotopic (exact) mass is 574 g/mol. The molecular formula is C27H47N3O10. The molecular weight excluding hydrogens is 526 g/mol. The zero-order chi connectivity index (χ0) is 32.8. The van der Waals surface area contributed by atoms with Crippen molar-refractivity contribution in [1.29, 1.82) is 0 Å². The Morgan fingerprint density at radius 3 is 1.68 bits per heavy atom. The zero-order valence-electron chi connectivity index (χ0n) is 26.1. The van der Waals surface area contributed by atoms with Crippen LogP contribution in [0.5, 0.6) is 0 Å². The molecule has 7 atom stereocenters. The number of Topliss-reactive ketones (excluding diaryl/α,β-unsaturated/α-hetero) is 3. The van der Waals surface area contributed by atoms with Crippen molar-refractivity contribution in [2.45, 2.75) is 103 Å². The summed E-state index contributed by atoms with van der Waals surface area (Å²) >= 11 is 0. The van der Waals surface area contributed by atoms with E-state index in [1.807, 2.05) is 0 Å². The van der Waals surface area contributed by atoms with Gasteiger partial charge in [0.05, 0.1) is 6.04 Å². The van der Waals surface area contributed by atoms with Crippen molar-refractivity contribution in [2.75, 3.05) is 21.1 Å². The van der Waals surface area contributed by atoms with Gasteiger partial charge in [-0.15, -0.1) is 0 Å². The first-order valence-corrected chi connectivity index (χ1v) is 13.1. The zero-order valence-corrected chi connectivity index (χ0v) is 25.1. The van der Waals surface area contributed by atoms with E-state index >= 15 is 4.79 Å². The maximum Gasteiger partial charge on any atom is 0.343 e. The lowest BCUT2D eigenvalue weighted by molar-refractivity contribution is -0.180. The maximum atomic E-state index is 15.0. The van der Waals surface area contributed by atoms with Crippen molar-refractivity contribution in [2.24, 2.45) is 11.8 Å². The van der Waals surface area contributed by atoms with E-state index in [-0.39, 0.29) is 18.8 Å². The third kappa shape index (κ3) is 6.59. The molecule has 0 aliphatic carbocycles. The van der Waals surface area contributed by atoms with E-state index in [1.54, 1.807) is 13.8 Å². The number of carboxylic acids is 1. The van der Waals surface area contributed by atoms with Crippen molar-refractivity contribution < 1.29 is 50.6 Å². The summed E-state index contributed by atoms with van der Waals surface area (Å²) in [5.41, 5.74) is -8.98. The highest BCUT2D eigenvalue weighted by atomic mass is 16.4. The van der Waals surface area contributed by atoms with Crippen molar-refractivity contribution >= 4 is 35.1 Å². The number of likely N-dealkylation sites (N-methyl/N-ethyl adjacent to an activating group) is 3. The second-order valence-corrected chi connectivity index (χ2v) is 11.0. The highest BCUT2D eigenvalue weighted by Gasteiger charge is 2.67. The minimum Gasteiger partial charge on any atom is -0.479 e. The number of aliphatic carboxylic acids is 1. The molecule has 0 bridgehead atoms. The molecule has 0 aromatic rings. The fourth-order valence-electron chi connectivity index (χ4n) is 4.75. The molecule has 0 rings (SSSR count). The predicted molar refractivity (Wildman–Crippen MR) is 145 cm³/mol. The fourth-order valence-corrected chi connectivity index (χ4v) is 4.75. The van der Waals surface area contributed by atoms with Crippen LogP contribution in [0.4, 0.5) is 0 Å². The number of carboxylic acid groups (broad SMARTS) is 1. The second-order valence-electron chi connectivity index (χ2n) is 11.0. The molecule has 0 aliphatic rings. The maximum absolute atomic E-state index is 15.0. The number of hydrogen-bond donors (Lipinski definition) is 5. The molecule has 0 aliphatic heterocycles. The van der Waals surface area contributed by atoms with Crippen molar-refractivity contribution in [3.05, 3.63) is 0 Å². The molecule has 0 fully saturated rings. The van der Waals surface area contributed by atoms with Crippen LogP contribution in [-0.4, -0.2) is 121 Å². The van der Waals surface area contributed by atoms with Crippen LogP contribution in [0.15, 0.2) is 0 Å². The Morgan fingerprint density at radius 1 is 0.900 bits per heavy atom. The van der Waals surface area contributed by atoms with Gasteiger partial charge in [0.1, 0.15) is 12.2 Å². The van der Waals surface area contributed by atoms with Crippen LogP contribution in [-0.2, 0) is 28.8 Å². The van der Waals surface area contributed by atoms with E-state index in [0.29, 0.717) is 16.7 Å². The van der Waals surface area contributed by atoms with Gasteiger partial charge in [-0.3, -0.25) is 24.0 Å². The fraction of sp³-hybridized carbons (Fsp3) is 0.778. The minimum absolute atomic E-state index is 0.0818. The van der Waals surface area contributed by atoms with Crippen LogP contribution in [0.25, 0.3) is 0 Å². The number of carbonyl (C=O) groups excluding carboxylic acids is 5. The number of nitrogens with zero attached hydrogens (tertiary/aromatic N) is 2. The summed E-state index contributed by atoms with van der Waals surface area (Å²) in [5, 5.41) is 43.7. The van der Waals surface area contributed by atoms with Crippen LogP contribution in [0.2, 0.25) is 0 Å². The highest BCUT2D eigenvalue weighted by Crippen LogP contribution is 2.39. The number of hydrogen-bond acceptors (Lipinski definition) is 10. The van der Waals surface area contributed by atoms with Crippen molar-refractivity contribution in [3.8, 4) is 0 Å². The van der Waals surface area contributed by atoms with E-state index in [0.717, 1.165) is 27.8 Å². The third-order valence-corrected chi connectivity index (χ3v) is 7.55. The summed E-state index contributed by atoms with van der Waals surface area (Å²) in [6.07, 6.45) is -3.56. The van der Waals surface area contributed by atoms with Gasteiger partial charge in [0.2, 0.25) is 11.4 Å². The molecule has 0 saturated heterocycles. The van der Waals surface area contributed by atoms with Gasteiger partial charge >= 0.3 is 5.97 Å². The van der Waals surface area contributed by atoms with Gasteiger partial charge in [-0.1, -0.05) is 34.1 Å². The first-order valence-electron chi connectivity index (χ1n) is 13.8. The van der Waals surface area contributed by atoms with Gasteiger partial charge in [-0.2, -0.15) is 0 Å². The van der Waals surface area contributed by atoms with Crippen LogP contribution in [0, 0.1) is 11.8 Å². The topological polar surface area (TPSA) is 202 Å². The van der Waals surface area contributed by atoms with Crippen molar-refractivity contribution in [3.63, 3.8) is 0 Å². The molecule has 230 valence electrons. The molecule has 13 heteroatoms. The third-order valence-electron chi connectivity index (χ3n) is 7.55. The Hall–Kier alpha value is -2.74. The van der Waals surface area contributed by atoms with Crippen LogP contribution >= 0.6 is 0 Å². The van der Waals surface area contributed by atoms with Gasteiger partial charge in [-0.05, 0) is 53.0 Å². The van der Waals surface area contributed by atoms with E-state index < -0.39 is 83.0 Å². The minimum atomic E-state index is -3.28. The number of carbonyl (C=O) groups is 6. The van der Waals surface area contributed by atoms with Crippen LogP contribution < -0.4 is 5.32 Å². The first-order chi connectivity index (χ1) is 18.6. The van der Waals surface area contributed by atoms with E-state index in [9.17, 15) is 44.4 Å². The lowest BCUT2D eigenvalue weighted by Gasteiger charge is -2.51. The summed E-state index contributed by atoms with van der Waals surface area (Å²) in [5.74, 6) is -10.1. The predicted octanol–water partition coefficient (Wildman–Crippen LogP) is -0.615. The van der Waals surface area contributed by atoms with Crippen LogP contribution in [0.1, 0.15) is 69.6 Å². The quantitative estimate of drug-likeness (QED) is 0.147. The second kappa shape index (κ2) is 13.7. The normalized spacial score (nSPS) is 19.5. The number of rotatable bonds is 16. The van der Waals surface area contributed by atoms with Gasteiger partial charge in [0, 0.05) is 15.4 Å². The Morgan fingerprint density at radius 2 is 1.35 bits per heavy atom. The number of aliphatic hydroxyl groups is 3. The number of amides is 2. The molecule has 0 aromatic carbocycles. The molecule has 0 spiro atoms. The van der Waals surface area contributed by atoms with Crippen molar-refractivity contribution in [1.82, 2.24) is 15.1 Å². The summed E-state index contributed by atoms with van der Waals surface area (Å²) in [7, 11) is 1.32. The van der Waals surface area contributed by atoms with Gasteiger partial charge in [0.25, 0.3) is 11.8 Å². The number of aliphatic hydroxyl groups excluding tert-OH is 2. The molecule has 0 heterocycles. The van der Waals surface area contributed by atoms with Gasteiger partial charge < -0.3 is 35.5 Å². The molecule has 0 aromatic heterocycles. The van der Waals surface area contributed by atoms with Crippen LogP contribution in [0.3, 0.4) is 0 Å². The first kappa shape index (κ1) is 35.3. The van der Waals surface area contributed by atoms with E-state index in [4.69, 9.17) is 1.37 Å². The smallest absolute Gasteiger partial charge is 0.343 e. The lowest BCUT2D eigenvalue weighted by atomic mass is 9.64. The van der Waals surface area contributed by atoms with Gasteiger partial charge in [0.15, 0.2) is 22.6 Å². The summed E-state index contributed by atoms with van der Waals surface area (Å²) in [6.45, 7) is 10.1. The average Bonchev–Trinajstić information content (AvgIpc) is 2.90. The lowest BCUT2D eigenvalue weighted by Crippen LogP contribution is -2.78. The Kier molecular flexibility index (Phi) is 12.1. The molecule has 2 amide bonds. The summed E-state index contributed by atoms with van der Waals surface area (Å²) in [6, 6.07) is -1.14. The summed E-state index contributed by atoms with van der Waals surface area (Å²) in [4.78, 5) is 83.0. The Balaban J connectivity index is 8.28. The molecule has 0 unspecified atom stereocenters. The number of ketones is 3. The Bertz CT molecular complexity index is 1020. The SMILES string of the molecule is [2H]CN(C(=O)[C@@H](C)O)[C@](C)(C(=O)[C@H](CC(C)C)NC)C(=O)[C@@](C(=O)[C@](C)(O)C(=O)O)([C@@H](C)CC)N(C)C(=O)[C@@H](C)O. The highest BCUT2D eigenvalue weighted by molar-refractivity contribution is 6.30. The summed E-state index contributed by atoms with van der Waals surface area (Å²) < 4.78 is 8.10. The largest absolute Gasteiger partial charge is 0.479 e. The van der Waals surface area contributed by atoms with E-state index in [1.165, 1.54) is 20.9 Å².